The van der Waals surface area contributed by atoms with Gasteiger partial charge in [0.25, 0.3) is 0 Å². The lowest BCUT2D eigenvalue weighted by atomic mass is 10.1. The highest BCUT2D eigenvalue weighted by molar-refractivity contribution is 5.92. The molecule has 0 aliphatic carbocycles. The number of hydrogen-bond acceptors (Lipinski definition) is 2. The summed E-state index contributed by atoms with van der Waals surface area (Å²) in [6, 6.07) is 14.7. The molecule has 0 radical (unpaired) electrons. The standard InChI is InChI=1S/C21H25NO2/c1-5-22-20-13-12-18(24-7-3)14-19(20)15(4)21(22)16-8-10-17(11-9-16)23-6-2/h8-14H,5-7H2,1-4H3. The van der Waals surface area contributed by atoms with Crippen molar-refractivity contribution < 1.29 is 9.47 Å². The topological polar surface area (TPSA) is 23.4 Å². The van der Waals surface area contributed by atoms with Crippen molar-refractivity contribution in [3.05, 3.63) is 48.0 Å². The molecule has 0 N–H and O–H groups in total. The summed E-state index contributed by atoms with van der Waals surface area (Å²) in [7, 11) is 0. The average molecular weight is 323 g/mol. The molecule has 126 valence electrons. The lowest BCUT2D eigenvalue weighted by Crippen LogP contribution is -1.98. The van der Waals surface area contributed by atoms with Crippen molar-refractivity contribution in [1.82, 2.24) is 4.57 Å². The van der Waals surface area contributed by atoms with Crippen LogP contribution >= 0.6 is 0 Å². The highest BCUT2D eigenvalue weighted by Gasteiger charge is 2.15. The van der Waals surface area contributed by atoms with E-state index in [4.69, 9.17) is 9.47 Å². The van der Waals surface area contributed by atoms with E-state index in [1.807, 2.05) is 26.0 Å². The van der Waals surface area contributed by atoms with Crippen molar-refractivity contribution in [2.45, 2.75) is 34.2 Å². The van der Waals surface area contributed by atoms with Gasteiger partial charge in [-0.05, 0) is 81.3 Å². The number of ether oxygens (including phenoxy) is 2. The molecule has 0 spiro atoms. The first kappa shape index (κ1) is 16.4. The van der Waals surface area contributed by atoms with Gasteiger partial charge in [-0.3, -0.25) is 0 Å². The van der Waals surface area contributed by atoms with Crippen LogP contribution in [0.3, 0.4) is 0 Å². The van der Waals surface area contributed by atoms with E-state index in [1.54, 1.807) is 0 Å². The van der Waals surface area contributed by atoms with Crippen LogP contribution in [0.15, 0.2) is 42.5 Å². The van der Waals surface area contributed by atoms with Crippen LogP contribution in [0, 0.1) is 6.92 Å². The zero-order valence-corrected chi connectivity index (χ0v) is 14.9. The summed E-state index contributed by atoms with van der Waals surface area (Å²) in [6.07, 6.45) is 0. The number of nitrogens with zero attached hydrogens (tertiary/aromatic N) is 1. The first-order valence-corrected chi connectivity index (χ1v) is 8.68. The summed E-state index contributed by atoms with van der Waals surface area (Å²) < 4.78 is 13.6. The molecule has 0 atom stereocenters. The maximum atomic E-state index is 5.67. The number of benzene rings is 2. The second-order valence-corrected chi connectivity index (χ2v) is 5.79. The van der Waals surface area contributed by atoms with Gasteiger partial charge in [-0.2, -0.15) is 0 Å². The van der Waals surface area contributed by atoms with Crippen LogP contribution in [-0.2, 0) is 6.54 Å². The maximum absolute atomic E-state index is 5.67. The zero-order chi connectivity index (χ0) is 17.1. The van der Waals surface area contributed by atoms with Gasteiger partial charge in [-0.1, -0.05) is 0 Å². The summed E-state index contributed by atoms with van der Waals surface area (Å²) >= 11 is 0. The van der Waals surface area contributed by atoms with Gasteiger partial charge in [0.1, 0.15) is 11.5 Å². The molecular weight excluding hydrogens is 298 g/mol. The average Bonchev–Trinajstić information content (AvgIpc) is 2.88. The molecule has 3 aromatic rings. The third-order valence-electron chi connectivity index (χ3n) is 4.35. The Hall–Kier alpha value is -2.42. The summed E-state index contributed by atoms with van der Waals surface area (Å²) in [6.45, 7) is 10.7. The maximum Gasteiger partial charge on any atom is 0.120 e. The van der Waals surface area contributed by atoms with Crippen molar-refractivity contribution in [2.24, 2.45) is 0 Å². The lowest BCUT2D eigenvalue weighted by molar-refractivity contribution is 0.340. The predicted molar refractivity (Wildman–Crippen MR) is 100 cm³/mol. The number of rotatable bonds is 6. The van der Waals surface area contributed by atoms with Crippen molar-refractivity contribution in [2.75, 3.05) is 13.2 Å². The number of aryl methyl sites for hydroxylation is 2. The molecule has 0 aliphatic heterocycles. The van der Waals surface area contributed by atoms with Crippen LogP contribution in [0.25, 0.3) is 22.2 Å². The first-order chi connectivity index (χ1) is 11.7. The second-order valence-electron chi connectivity index (χ2n) is 5.79. The normalized spacial score (nSPS) is 11.0. The third-order valence-corrected chi connectivity index (χ3v) is 4.35. The Morgan fingerprint density at radius 2 is 1.46 bits per heavy atom. The highest BCUT2D eigenvalue weighted by atomic mass is 16.5. The summed E-state index contributed by atoms with van der Waals surface area (Å²) in [5, 5.41) is 1.26. The minimum atomic E-state index is 0.685. The molecule has 0 unspecified atom stereocenters. The summed E-state index contributed by atoms with van der Waals surface area (Å²) in [4.78, 5) is 0. The van der Waals surface area contributed by atoms with Gasteiger partial charge in [0.2, 0.25) is 0 Å². The molecule has 2 aromatic carbocycles. The minimum Gasteiger partial charge on any atom is -0.494 e. The Kier molecular flexibility index (Phi) is 4.79. The molecule has 0 saturated heterocycles. The van der Waals surface area contributed by atoms with Crippen LogP contribution < -0.4 is 9.47 Å². The number of aromatic nitrogens is 1. The fraction of sp³-hybridized carbons (Fsp3) is 0.333. The van der Waals surface area contributed by atoms with Crippen LogP contribution in [0.4, 0.5) is 0 Å². The Balaban J connectivity index is 2.14. The Labute approximate surface area is 143 Å². The smallest absolute Gasteiger partial charge is 0.120 e. The molecule has 3 heteroatoms. The SMILES string of the molecule is CCOc1ccc(-c2c(C)c3cc(OCC)ccc3n2CC)cc1. The van der Waals surface area contributed by atoms with E-state index < -0.39 is 0 Å². The van der Waals surface area contributed by atoms with Crippen LogP contribution in [0.5, 0.6) is 11.5 Å². The van der Waals surface area contributed by atoms with Crippen molar-refractivity contribution >= 4 is 10.9 Å². The molecule has 3 nitrogen and oxygen atoms in total. The number of fused-ring (bicyclic) bond motifs is 1. The quantitative estimate of drug-likeness (QED) is 0.603. The van der Waals surface area contributed by atoms with E-state index in [1.165, 1.54) is 27.7 Å². The monoisotopic (exact) mass is 323 g/mol. The van der Waals surface area contributed by atoms with Gasteiger partial charge in [0.05, 0.1) is 18.9 Å². The van der Waals surface area contributed by atoms with Gasteiger partial charge < -0.3 is 14.0 Å². The molecule has 1 aromatic heterocycles. The second kappa shape index (κ2) is 7.00. The fourth-order valence-corrected chi connectivity index (χ4v) is 3.33. The molecular formula is C21H25NO2. The van der Waals surface area contributed by atoms with Crippen molar-refractivity contribution in [3.63, 3.8) is 0 Å². The number of hydrogen-bond donors (Lipinski definition) is 0. The predicted octanol–water partition coefficient (Wildman–Crippen LogP) is 5.43. The van der Waals surface area contributed by atoms with Gasteiger partial charge in [-0.25, -0.2) is 0 Å². The van der Waals surface area contributed by atoms with Crippen LogP contribution in [0.1, 0.15) is 26.3 Å². The van der Waals surface area contributed by atoms with E-state index >= 15 is 0 Å². The molecule has 0 bridgehead atoms. The van der Waals surface area contributed by atoms with Gasteiger partial charge >= 0.3 is 0 Å². The van der Waals surface area contributed by atoms with Gasteiger partial charge in [0, 0.05) is 17.4 Å². The molecule has 3 rings (SSSR count). The van der Waals surface area contributed by atoms with Crippen LogP contribution in [-0.4, -0.2) is 17.8 Å². The molecule has 0 fully saturated rings. The first-order valence-electron chi connectivity index (χ1n) is 8.68. The highest BCUT2D eigenvalue weighted by Crippen LogP contribution is 2.35. The molecule has 0 saturated carbocycles. The largest absolute Gasteiger partial charge is 0.494 e. The van der Waals surface area contributed by atoms with E-state index in [2.05, 4.69) is 48.7 Å². The van der Waals surface area contributed by atoms with Crippen molar-refractivity contribution in [3.8, 4) is 22.8 Å². The summed E-state index contributed by atoms with van der Waals surface area (Å²) in [5.74, 6) is 1.84. The Morgan fingerprint density at radius 1 is 0.833 bits per heavy atom. The van der Waals surface area contributed by atoms with Crippen molar-refractivity contribution in [1.29, 1.82) is 0 Å². The Bertz CT molecular complexity index is 831. The lowest BCUT2D eigenvalue weighted by Gasteiger charge is -2.10. The Morgan fingerprint density at radius 3 is 2.08 bits per heavy atom. The van der Waals surface area contributed by atoms with E-state index in [-0.39, 0.29) is 0 Å². The van der Waals surface area contributed by atoms with Gasteiger partial charge in [-0.15, -0.1) is 0 Å². The molecule has 24 heavy (non-hydrogen) atoms. The van der Waals surface area contributed by atoms with E-state index in [0.717, 1.165) is 18.0 Å². The van der Waals surface area contributed by atoms with Gasteiger partial charge in [0.15, 0.2) is 0 Å². The molecule has 0 aliphatic rings. The molecule has 0 amide bonds. The fourth-order valence-electron chi connectivity index (χ4n) is 3.33. The van der Waals surface area contributed by atoms with E-state index in [0.29, 0.717) is 13.2 Å². The van der Waals surface area contributed by atoms with Crippen LogP contribution in [0.2, 0.25) is 0 Å². The third kappa shape index (κ3) is 2.86. The van der Waals surface area contributed by atoms with E-state index in [9.17, 15) is 0 Å². The summed E-state index contributed by atoms with van der Waals surface area (Å²) in [5.41, 5.74) is 5.02. The minimum absolute atomic E-state index is 0.685. The molecule has 1 heterocycles. The zero-order valence-electron chi connectivity index (χ0n) is 14.9.